The number of nitriles is 1. The third kappa shape index (κ3) is 3.31. The van der Waals surface area contributed by atoms with E-state index < -0.39 is 5.41 Å². The van der Waals surface area contributed by atoms with E-state index in [1.165, 1.54) is 0 Å². The van der Waals surface area contributed by atoms with Crippen molar-refractivity contribution in [2.45, 2.75) is 51.7 Å². The summed E-state index contributed by atoms with van der Waals surface area (Å²) in [4.78, 5) is 14.5. The lowest BCUT2D eigenvalue weighted by molar-refractivity contribution is -0.139. The van der Waals surface area contributed by atoms with Gasteiger partial charge in [0.15, 0.2) is 0 Å². The van der Waals surface area contributed by atoms with E-state index in [1.807, 2.05) is 13.8 Å². The highest BCUT2D eigenvalue weighted by atomic mass is 16.5. The molecule has 5 nitrogen and oxygen atoms in total. The molecule has 20 heavy (non-hydrogen) atoms. The van der Waals surface area contributed by atoms with Gasteiger partial charge in [-0.3, -0.25) is 4.79 Å². The lowest BCUT2D eigenvalue weighted by Crippen LogP contribution is -2.43. The quantitative estimate of drug-likeness (QED) is 0.716. The highest BCUT2D eigenvalue weighted by Crippen LogP contribution is 2.33. The standard InChI is InChI=1S/C15H26N2O3/c1-5-7-15(11-16,8-6-2)14(18)17-9-12(19-3)13(10-17)20-4/h12-13H,5-10H2,1-4H3. The van der Waals surface area contributed by atoms with Gasteiger partial charge < -0.3 is 14.4 Å². The van der Waals surface area contributed by atoms with Crippen molar-refractivity contribution in [3.05, 3.63) is 0 Å². The summed E-state index contributed by atoms with van der Waals surface area (Å²) in [5, 5.41) is 9.56. The van der Waals surface area contributed by atoms with Crippen molar-refractivity contribution >= 4 is 5.91 Å². The zero-order valence-corrected chi connectivity index (χ0v) is 13.0. The molecule has 1 heterocycles. The van der Waals surface area contributed by atoms with Crippen molar-refractivity contribution in [1.29, 1.82) is 5.26 Å². The summed E-state index contributed by atoms with van der Waals surface area (Å²) >= 11 is 0. The van der Waals surface area contributed by atoms with Crippen LogP contribution in [-0.4, -0.2) is 50.3 Å². The number of carbonyl (C=O) groups is 1. The number of hydrogen-bond acceptors (Lipinski definition) is 4. The van der Waals surface area contributed by atoms with Crippen LogP contribution in [0.5, 0.6) is 0 Å². The molecule has 1 rings (SSSR count). The fourth-order valence-electron chi connectivity index (χ4n) is 3.02. The lowest BCUT2D eigenvalue weighted by atomic mass is 9.79. The molecular weight excluding hydrogens is 256 g/mol. The lowest BCUT2D eigenvalue weighted by Gasteiger charge is -2.29. The minimum atomic E-state index is -0.885. The Balaban J connectivity index is 2.89. The van der Waals surface area contributed by atoms with E-state index in [-0.39, 0.29) is 18.1 Å². The van der Waals surface area contributed by atoms with Crippen LogP contribution in [0.25, 0.3) is 0 Å². The molecule has 5 heteroatoms. The fourth-order valence-corrected chi connectivity index (χ4v) is 3.02. The summed E-state index contributed by atoms with van der Waals surface area (Å²) in [5.41, 5.74) is -0.885. The van der Waals surface area contributed by atoms with Gasteiger partial charge in [-0.2, -0.15) is 5.26 Å². The SMILES string of the molecule is CCCC(C#N)(CCC)C(=O)N1CC(OC)C(OC)C1. The minimum absolute atomic E-state index is 0.0645. The fraction of sp³-hybridized carbons (Fsp3) is 0.867. The van der Waals surface area contributed by atoms with E-state index in [4.69, 9.17) is 9.47 Å². The average molecular weight is 282 g/mol. The number of carbonyl (C=O) groups excluding carboxylic acids is 1. The summed E-state index contributed by atoms with van der Waals surface area (Å²) < 4.78 is 10.7. The largest absolute Gasteiger partial charge is 0.377 e. The molecular formula is C15H26N2O3. The van der Waals surface area contributed by atoms with Crippen LogP contribution in [0.3, 0.4) is 0 Å². The number of hydrogen-bond donors (Lipinski definition) is 0. The molecule has 0 bridgehead atoms. The molecule has 1 saturated heterocycles. The van der Waals surface area contributed by atoms with Crippen LogP contribution < -0.4 is 0 Å². The summed E-state index contributed by atoms with van der Waals surface area (Å²) in [5.74, 6) is -0.0645. The second kappa shape index (κ2) is 7.61. The van der Waals surface area contributed by atoms with Crippen LogP contribution in [0, 0.1) is 16.7 Å². The molecule has 0 aromatic carbocycles. The molecule has 0 saturated carbocycles. The van der Waals surface area contributed by atoms with Crippen LogP contribution in [0.15, 0.2) is 0 Å². The van der Waals surface area contributed by atoms with Crippen LogP contribution in [0.1, 0.15) is 39.5 Å². The summed E-state index contributed by atoms with van der Waals surface area (Å²) in [6.07, 6.45) is 2.67. The van der Waals surface area contributed by atoms with Gasteiger partial charge >= 0.3 is 0 Å². The molecule has 1 fully saturated rings. The Labute approximate surface area is 121 Å². The number of likely N-dealkylation sites (tertiary alicyclic amines) is 1. The van der Waals surface area contributed by atoms with Gasteiger partial charge in [0.1, 0.15) is 17.6 Å². The van der Waals surface area contributed by atoms with Crippen molar-refractivity contribution in [1.82, 2.24) is 4.90 Å². The molecule has 1 amide bonds. The molecule has 1 aliphatic rings. The van der Waals surface area contributed by atoms with Gasteiger partial charge in [0.2, 0.25) is 5.91 Å². The van der Waals surface area contributed by atoms with Gasteiger partial charge in [0.25, 0.3) is 0 Å². The summed E-state index contributed by atoms with van der Waals surface area (Å²) in [7, 11) is 3.25. The Hall–Kier alpha value is -1.12. The Kier molecular flexibility index (Phi) is 6.44. The molecule has 0 radical (unpaired) electrons. The summed E-state index contributed by atoms with van der Waals surface area (Å²) in [6.45, 7) is 5.03. The summed E-state index contributed by atoms with van der Waals surface area (Å²) in [6, 6.07) is 2.29. The van der Waals surface area contributed by atoms with Gasteiger partial charge in [-0.1, -0.05) is 26.7 Å². The van der Waals surface area contributed by atoms with E-state index in [9.17, 15) is 10.1 Å². The molecule has 0 spiro atoms. The smallest absolute Gasteiger partial charge is 0.243 e. The minimum Gasteiger partial charge on any atom is -0.377 e. The maximum Gasteiger partial charge on any atom is 0.243 e. The first-order valence-corrected chi connectivity index (χ1v) is 7.34. The molecule has 0 aliphatic carbocycles. The predicted octanol–water partition coefficient (Wildman–Crippen LogP) is 1.97. The van der Waals surface area contributed by atoms with Gasteiger partial charge in [-0.05, 0) is 12.8 Å². The van der Waals surface area contributed by atoms with Gasteiger partial charge in [0.05, 0.1) is 6.07 Å². The van der Waals surface area contributed by atoms with Crippen LogP contribution in [-0.2, 0) is 14.3 Å². The highest BCUT2D eigenvalue weighted by Gasteiger charge is 2.45. The van der Waals surface area contributed by atoms with Crippen molar-refractivity contribution < 1.29 is 14.3 Å². The number of amides is 1. The monoisotopic (exact) mass is 282 g/mol. The van der Waals surface area contributed by atoms with Crippen molar-refractivity contribution in [3.8, 4) is 6.07 Å². The maximum absolute atomic E-state index is 12.8. The number of methoxy groups -OCH3 is 2. The van der Waals surface area contributed by atoms with E-state index >= 15 is 0 Å². The van der Waals surface area contributed by atoms with Gasteiger partial charge in [-0.25, -0.2) is 0 Å². The first kappa shape index (κ1) is 16.9. The number of rotatable bonds is 7. The average Bonchev–Trinajstić information content (AvgIpc) is 2.89. The van der Waals surface area contributed by atoms with E-state index in [0.29, 0.717) is 25.9 Å². The van der Waals surface area contributed by atoms with Crippen molar-refractivity contribution in [3.63, 3.8) is 0 Å². The first-order chi connectivity index (χ1) is 9.58. The predicted molar refractivity (Wildman–Crippen MR) is 76.0 cm³/mol. The van der Waals surface area contributed by atoms with E-state index in [1.54, 1.807) is 19.1 Å². The Morgan fingerprint density at radius 2 is 1.65 bits per heavy atom. The van der Waals surface area contributed by atoms with E-state index in [2.05, 4.69) is 6.07 Å². The molecule has 2 unspecified atom stereocenters. The second-order valence-electron chi connectivity index (χ2n) is 5.45. The van der Waals surface area contributed by atoms with Gasteiger partial charge in [-0.15, -0.1) is 0 Å². The molecule has 0 aromatic rings. The third-order valence-electron chi connectivity index (χ3n) is 4.09. The van der Waals surface area contributed by atoms with Crippen LogP contribution >= 0.6 is 0 Å². The van der Waals surface area contributed by atoms with Gasteiger partial charge in [0, 0.05) is 27.3 Å². The number of ether oxygens (including phenoxy) is 2. The third-order valence-corrected chi connectivity index (χ3v) is 4.09. The topological polar surface area (TPSA) is 62.6 Å². The Morgan fingerprint density at radius 1 is 1.20 bits per heavy atom. The molecule has 114 valence electrons. The normalized spacial score (nSPS) is 22.9. The maximum atomic E-state index is 12.8. The second-order valence-corrected chi connectivity index (χ2v) is 5.45. The molecule has 0 aromatic heterocycles. The highest BCUT2D eigenvalue weighted by molar-refractivity contribution is 5.85. The van der Waals surface area contributed by atoms with E-state index in [0.717, 1.165) is 12.8 Å². The molecule has 0 N–H and O–H groups in total. The molecule has 1 aliphatic heterocycles. The first-order valence-electron chi connectivity index (χ1n) is 7.34. The van der Waals surface area contributed by atoms with Crippen molar-refractivity contribution in [2.24, 2.45) is 5.41 Å². The van der Waals surface area contributed by atoms with Crippen LogP contribution in [0.2, 0.25) is 0 Å². The zero-order chi connectivity index (χ0) is 15.2. The zero-order valence-electron chi connectivity index (χ0n) is 13.0. The Morgan fingerprint density at radius 3 is 1.95 bits per heavy atom. The van der Waals surface area contributed by atoms with Crippen LogP contribution in [0.4, 0.5) is 0 Å². The van der Waals surface area contributed by atoms with Crippen molar-refractivity contribution in [2.75, 3.05) is 27.3 Å². The Bertz CT molecular complexity index is 347. The molecule has 2 atom stereocenters. The number of nitrogens with zero attached hydrogens (tertiary/aromatic N) is 2.